The van der Waals surface area contributed by atoms with E-state index in [1.807, 2.05) is 26.9 Å². The maximum absolute atomic E-state index is 11.4. The third kappa shape index (κ3) is 5.03. The fourth-order valence-corrected chi connectivity index (χ4v) is 1.43. The van der Waals surface area contributed by atoms with Gasteiger partial charge in [0.2, 0.25) is 0 Å². The normalized spacial score (nSPS) is 12.0. The molecule has 0 fully saturated rings. The number of carbonyl (C=O) groups is 1. The van der Waals surface area contributed by atoms with Gasteiger partial charge in [0.25, 0.3) is 8.32 Å². The van der Waals surface area contributed by atoms with Gasteiger partial charge in [-0.2, -0.15) is 0 Å². The van der Waals surface area contributed by atoms with Gasteiger partial charge in [0.1, 0.15) is 0 Å². The van der Waals surface area contributed by atoms with Crippen LogP contribution in [0.3, 0.4) is 0 Å². The molecular formula is C12H22O2Si. The highest BCUT2D eigenvalue weighted by molar-refractivity contribution is 6.75. The summed E-state index contributed by atoms with van der Waals surface area (Å²) >= 11 is 0. The van der Waals surface area contributed by atoms with Crippen molar-refractivity contribution in [3.63, 3.8) is 0 Å². The molecule has 0 spiro atoms. The topological polar surface area (TPSA) is 26.3 Å². The third-order valence-electron chi connectivity index (χ3n) is 2.62. The van der Waals surface area contributed by atoms with E-state index in [2.05, 4.69) is 32.6 Å². The second kappa shape index (κ2) is 4.85. The summed E-state index contributed by atoms with van der Waals surface area (Å²) in [4.78, 5) is 11.4. The smallest absolute Gasteiger partial charge is 0.371 e. The Bertz CT molecular complexity index is 287. The standard InChI is InChI=1S/C12H22O2Si/c1-10(2)8-9-11(13)14-15(6,7)12(3,4)5/h10H,1-7H3. The number of carbonyl (C=O) groups excluding carboxylic acids is 1. The monoisotopic (exact) mass is 226 g/mol. The Balaban J connectivity index is 4.51. The molecule has 15 heavy (non-hydrogen) atoms. The Hall–Kier alpha value is -0.753. The molecule has 2 nitrogen and oxygen atoms in total. The summed E-state index contributed by atoms with van der Waals surface area (Å²) in [5.74, 6) is 5.18. The molecule has 86 valence electrons. The molecule has 0 heterocycles. The fraction of sp³-hybridized carbons (Fsp3) is 0.750. The van der Waals surface area contributed by atoms with Gasteiger partial charge in [0, 0.05) is 11.8 Å². The lowest BCUT2D eigenvalue weighted by Gasteiger charge is -2.34. The molecular weight excluding hydrogens is 204 g/mol. The third-order valence-corrected chi connectivity index (χ3v) is 6.93. The fourth-order valence-electron chi connectivity index (χ4n) is 0.614. The van der Waals surface area contributed by atoms with E-state index in [0.29, 0.717) is 0 Å². The maximum atomic E-state index is 11.4. The summed E-state index contributed by atoms with van der Waals surface area (Å²) in [6.07, 6.45) is 0. The minimum Gasteiger partial charge on any atom is -0.510 e. The molecule has 0 aliphatic heterocycles. The van der Waals surface area contributed by atoms with Gasteiger partial charge < -0.3 is 4.43 Å². The first-order valence-corrected chi connectivity index (χ1v) is 8.21. The predicted molar refractivity (Wildman–Crippen MR) is 65.9 cm³/mol. The van der Waals surface area contributed by atoms with Gasteiger partial charge in [-0.15, -0.1) is 0 Å². The Labute approximate surface area is 94.5 Å². The van der Waals surface area contributed by atoms with E-state index in [4.69, 9.17) is 4.43 Å². The first-order valence-electron chi connectivity index (χ1n) is 5.31. The van der Waals surface area contributed by atoms with Gasteiger partial charge >= 0.3 is 5.97 Å². The number of rotatable bonds is 1. The summed E-state index contributed by atoms with van der Waals surface area (Å²) in [6.45, 7) is 14.3. The number of hydrogen-bond acceptors (Lipinski definition) is 2. The van der Waals surface area contributed by atoms with Crippen molar-refractivity contribution in [1.82, 2.24) is 0 Å². The molecule has 0 saturated carbocycles. The highest BCUT2D eigenvalue weighted by atomic mass is 28.4. The van der Waals surface area contributed by atoms with E-state index in [-0.39, 0.29) is 16.9 Å². The van der Waals surface area contributed by atoms with Crippen LogP contribution in [0.2, 0.25) is 18.1 Å². The highest BCUT2D eigenvalue weighted by Crippen LogP contribution is 2.36. The van der Waals surface area contributed by atoms with Crippen molar-refractivity contribution in [1.29, 1.82) is 0 Å². The molecule has 0 saturated heterocycles. The molecule has 0 aliphatic carbocycles. The first kappa shape index (κ1) is 14.2. The van der Waals surface area contributed by atoms with E-state index in [1.165, 1.54) is 0 Å². The second-order valence-corrected chi connectivity index (χ2v) is 10.3. The van der Waals surface area contributed by atoms with Gasteiger partial charge in [0.05, 0.1) is 0 Å². The van der Waals surface area contributed by atoms with Crippen LogP contribution in [0.25, 0.3) is 0 Å². The summed E-state index contributed by atoms with van der Waals surface area (Å²) in [7, 11) is -1.99. The molecule has 3 heteroatoms. The van der Waals surface area contributed by atoms with Crippen molar-refractivity contribution in [3.05, 3.63) is 0 Å². The molecule has 0 rings (SSSR count). The summed E-state index contributed by atoms with van der Waals surface area (Å²) in [5, 5.41) is 0.0438. The molecule has 0 radical (unpaired) electrons. The van der Waals surface area contributed by atoms with Crippen LogP contribution in [-0.4, -0.2) is 14.3 Å². The molecule has 0 aromatic heterocycles. The van der Waals surface area contributed by atoms with E-state index in [1.54, 1.807) is 0 Å². The van der Waals surface area contributed by atoms with Crippen LogP contribution in [0.4, 0.5) is 0 Å². The Morgan fingerprint density at radius 2 is 1.73 bits per heavy atom. The van der Waals surface area contributed by atoms with E-state index in [0.717, 1.165) is 0 Å². The van der Waals surface area contributed by atoms with Crippen molar-refractivity contribution in [2.24, 2.45) is 5.92 Å². The zero-order valence-corrected chi connectivity index (χ0v) is 11.9. The lowest BCUT2D eigenvalue weighted by atomic mass is 10.2. The SMILES string of the molecule is CC(C)C#CC(=O)O[Si](C)(C)C(C)(C)C. The second-order valence-electron chi connectivity index (χ2n) is 5.57. The molecule has 0 unspecified atom stereocenters. The Morgan fingerprint density at radius 3 is 2.07 bits per heavy atom. The average molecular weight is 226 g/mol. The lowest BCUT2D eigenvalue weighted by molar-refractivity contribution is -0.129. The van der Waals surface area contributed by atoms with Gasteiger partial charge in [-0.25, -0.2) is 4.79 Å². The van der Waals surface area contributed by atoms with Crippen LogP contribution in [-0.2, 0) is 9.22 Å². The van der Waals surface area contributed by atoms with Gasteiger partial charge in [-0.3, -0.25) is 0 Å². The van der Waals surface area contributed by atoms with Crippen molar-refractivity contribution in [3.8, 4) is 11.8 Å². The van der Waals surface area contributed by atoms with Crippen LogP contribution in [0, 0.1) is 17.8 Å². The zero-order valence-electron chi connectivity index (χ0n) is 10.9. The average Bonchev–Trinajstić information content (AvgIpc) is 1.97. The van der Waals surface area contributed by atoms with Gasteiger partial charge in [0.15, 0.2) is 0 Å². The molecule has 0 atom stereocenters. The van der Waals surface area contributed by atoms with Crippen LogP contribution in [0.1, 0.15) is 34.6 Å². The minimum absolute atomic E-state index is 0.0438. The number of hydrogen-bond donors (Lipinski definition) is 0. The molecule has 0 N–H and O–H groups in total. The molecule has 0 aliphatic rings. The lowest BCUT2D eigenvalue weighted by Crippen LogP contribution is -2.42. The largest absolute Gasteiger partial charge is 0.510 e. The quantitative estimate of drug-likeness (QED) is 0.507. The van der Waals surface area contributed by atoms with Crippen molar-refractivity contribution in [2.45, 2.75) is 52.8 Å². The predicted octanol–water partition coefficient (Wildman–Crippen LogP) is 3.19. The van der Waals surface area contributed by atoms with Crippen LogP contribution in [0.15, 0.2) is 0 Å². The minimum atomic E-state index is -1.99. The van der Waals surface area contributed by atoms with E-state index in [9.17, 15) is 4.79 Å². The first-order chi connectivity index (χ1) is 6.56. The van der Waals surface area contributed by atoms with Crippen LogP contribution in [0.5, 0.6) is 0 Å². The van der Waals surface area contributed by atoms with Crippen molar-refractivity contribution in [2.75, 3.05) is 0 Å². The van der Waals surface area contributed by atoms with E-state index >= 15 is 0 Å². The van der Waals surface area contributed by atoms with E-state index < -0.39 is 8.32 Å². The highest BCUT2D eigenvalue weighted by Gasteiger charge is 2.40. The van der Waals surface area contributed by atoms with Gasteiger partial charge in [-0.1, -0.05) is 40.5 Å². The summed E-state index contributed by atoms with van der Waals surface area (Å²) < 4.78 is 5.48. The van der Waals surface area contributed by atoms with Crippen LogP contribution >= 0.6 is 0 Å². The molecule has 0 amide bonds. The van der Waals surface area contributed by atoms with Crippen molar-refractivity contribution >= 4 is 14.3 Å². The van der Waals surface area contributed by atoms with Crippen LogP contribution < -0.4 is 0 Å². The van der Waals surface area contributed by atoms with Crippen molar-refractivity contribution < 1.29 is 9.22 Å². The summed E-state index contributed by atoms with van der Waals surface area (Å²) in [6, 6.07) is 0. The summed E-state index contributed by atoms with van der Waals surface area (Å²) in [5.41, 5.74) is 0. The maximum Gasteiger partial charge on any atom is 0.371 e. The molecule has 0 bridgehead atoms. The zero-order chi connectivity index (χ0) is 12.3. The molecule has 0 aromatic carbocycles. The molecule has 0 aromatic rings. The Kier molecular flexibility index (Phi) is 4.60. The van der Waals surface area contributed by atoms with Gasteiger partial charge in [-0.05, 0) is 18.1 Å². The Morgan fingerprint density at radius 1 is 1.27 bits per heavy atom.